The van der Waals surface area contributed by atoms with Gasteiger partial charge in [0.2, 0.25) is 5.82 Å². The summed E-state index contributed by atoms with van der Waals surface area (Å²) in [5.74, 6) is -8.31. The Morgan fingerprint density at radius 1 is 1.15 bits per heavy atom. The van der Waals surface area contributed by atoms with E-state index >= 15 is 0 Å². The van der Waals surface area contributed by atoms with Crippen LogP contribution in [0.4, 0.5) is 8.78 Å². The van der Waals surface area contributed by atoms with Crippen LogP contribution in [-0.2, 0) is 11.3 Å². The van der Waals surface area contributed by atoms with Crippen molar-refractivity contribution in [3.8, 4) is 16.9 Å². The first-order valence-electron chi connectivity index (χ1n) is 11.3. The van der Waals surface area contributed by atoms with E-state index < -0.39 is 40.9 Å². The number of carbonyl (C=O) groups excluding carboxylic acids is 1. The molecule has 2 heterocycles. The summed E-state index contributed by atoms with van der Waals surface area (Å²) in [6, 6.07) is 5.30. The number of hydrogen-bond acceptors (Lipinski definition) is 12. The SMILES string of the molecule is CN=C(C)/C(CCOc1c(-c2ccc3ncc(CNC(O)(O)O)n3c2)ccc(F)c1F)=C(\N)C(=O)C(O)(O)O. The molecule has 0 saturated carbocycles. The van der Waals surface area contributed by atoms with Gasteiger partial charge in [-0.1, -0.05) is 0 Å². The van der Waals surface area contributed by atoms with Crippen molar-refractivity contribution in [2.24, 2.45) is 10.7 Å². The number of ether oxygens (including phenoxy) is 1. The molecule has 9 N–H and O–H groups in total. The van der Waals surface area contributed by atoms with Crippen molar-refractivity contribution in [2.75, 3.05) is 13.7 Å². The smallest absolute Gasteiger partial charge is 0.345 e. The van der Waals surface area contributed by atoms with E-state index in [-0.39, 0.29) is 36.4 Å². The Labute approximate surface area is 219 Å². The van der Waals surface area contributed by atoms with E-state index in [1.807, 2.05) is 0 Å². The Morgan fingerprint density at radius 2 is 1.85 bits per heavy atom. The van der Waals surface area contributed by atoms with Gasteiger partial charge in [-0.3, -0.25) is 9.79 Å². The number of halogens is 2. The molecule has 0 aliphatic carbocycles. The zero-order valence-electron chi connectivity index (χ0n) is 20.8. The average molecular weight is 552 g/mol. The second kappa shape index (κ2) is 11.5. The molecule has 39 heavy (non-hydrogen) atoms. The molecule has 210 valence electrons. The normalized spacial score (nSPS) is 13.5. The van der Waals surface area contributed by atoms with Crippen LogP contribution in [-0.4, -0.2) is 77.2 Å². The molecule has 0 atom stereocenters. The van der Waals surface area contributed by atoms with Crippen LogP contribution in [0.15, 0.2) is 52.9 Å². The predicted octanol–water partition coefficient (Wildman–Crippen LogP) is -0.771. The number of aromatic nitrogens is 2. The van der Waals surface area contributed by atoms with Crippen molar-refractivity contribution in [3.63, 3.8) is 0 Å². The minimum absolute atomic E-state index is 0.0212. The third kappa shape index (κ3) is 6.98. The highest BCUT2D eigenvalue weighted by atomic mass is 19.2. The number of fused-ring (bicyclic) bond motifs is 1. The van der Waals surface area contributed by atoms with Crippen LogP contribution >= 0.6 is 0 Å². The number of aliphatic hydroxyl groups is 6. The fraction of sp³-hybridized carbons (Fsp3) is 0.292. The highest BCUT2D eigenvalue weighted by Gasteiger charge is 2.34. The second-order valence-electron chi connectivity index (χ2n) is 8.39. The van der Waals surface area contributed by atoms with Crippen LogP contribution in [0.2, 0.25) is 0 Å². The van der Waals surface area contributed by atoms with Gasteiger partial charge in [-0.2, -0.15) is 4.39 Å². The Hall–Kier alpha value is -3.83. The number of rotatable bonds is 11. The monoisotopic (exact) mass is 551 g/mol. The van der Waals surface area contributed by atoms with Gasteiger partial charge in [0.05, 0.1) is 24.2 Å². The number of ketones is 1. The summed E-state index contributed by atoms with van der Waals surface area (Å²) in [6.07, 6.45) is -0.435. The number of Topliss-reactive ketones (excluding diaryl/α,β-unsaturated/α-hetero) is 1. The zero-order chi connectivity index (χ0) is 29.1. The van der Waals surface area contributed by atoms with Crippen molar-refractivity contribution >= 4 is 17.1 Å². The van der Waals surface area contributed by atoms with E-state index in [4.69, 9.17) is 25.8 Å². The summed E-state index contributed by atoms with van der Waals surface area (Å²) in [6.45, 7) is 0.866. The van der Waals surface area contributed by atoms with E-state index in [0.29, 0.717) is 16.9 Å². The molecule has 0 unspecified atom stereocenters. The Kier molecular flexibility index (Phi) is 8.77. The number of imidazole rings is 1. The molecule has 0 bridgehead atoms. The average Bonchev–Trinajstić information content (AvgIpc) is 3.27. The molecule has 15 heteroatoms. The summed E-state index contributed by atoms with van der Waals surface area (Å²) < 4.78 is 36.1. The second-order valence-corrected chi connectivity index (χ2v) is 8.39. The first-order chi connectivity index (χ1) is 18.1. The van der Waals surface area contributed by atoms with Crippen molar-refractivity contribution in [1.29, 1.82) is 0 Å². The van der Waals surface area contributed by atoms with Gasteiger partial charge in [0.25, 0.3) is 5.78 Å². The summed E-state index contributed by atoms with van der Waals surface area (Å²) in [4.78, 5) is 20.1. The molecule has 0 aliphatic heterocycles. The number of hydrogen-bond donors (Lipinski definition) is 8. The van der Waals surface area contributed by atoms with Crippen LogP contribution in [0.3, 0.4) is 0 Å². The number of carbonyl (C=O) groups is 1. The van der Waals surface area contributed by atoms with E-state index in [0.717, 1.165) is 6.07 Å². The molecule has 3 rings (SSSR count). The lowest BCUT2D eigenvalue weighted by Gasteiger charge is -2.18. The third-order valence-corrected chi connectivity index (χ3v) is 5.69. The molecule has 1 aromatic carbocycles. The predicted molar refractivity (Wildman–Crippen MR) is 132 cm³/mol. The maximum absolute atomic E-state index is 14.9. The molecule has 0 amide bonds. The number of aliphatic imine (C=N–C) groups is 1. The Morgan fingerprint density at radius 3 is 2.46 bits per heavy atom. The quantitative estimate of drug-likeness (QED) is 0.0841. The van der Waals surface area contributed by atoms with Crippen LogP contribution < -0.4 is 15.8 Å². The standard InChI is InChI=1S/C24H27F2N5O8/c1-12(28-2)15(20(27)22(32)23(33,34)35)7-8-39-21-16(4-5-17(25)19(21)26)13-3-6-18-29-9-14(31(18)11-13)10-30-24(36,37)38/h3-6,9,11,30,33-38H,7-8,10,27H2,1-2H3/b20-15-,28-12?. The number of nitrogens with two attached hydrogens (primary N) is 1. The Balaban J connectivity index is 1.95. The minimum Gasteiger partial charge on any atom is -0.489 e. The van der Waals surface area contributed by atoms with E-state index in [1.165, 1.54) is 36.8 Å². The van der Waals surface area contributed by atoms with Crippen molar-refractivity contribution < 1.29 is 49.0 Å². The van der Waals surface area contributed by atoms with E-state index in [9.17, 15) is 28.9 Å². The maximum Gasteiger partial charge on any atom is 0.345 e. The fourth-order valence-corrected chi connectivity index (χ4v) is 3.65. The number of benzene rings is 1. The highest BCUT2D eigenvalue weighted by molar-refractivity contribution is 6.08. The van der Waals surface area contributed by atoms with Gasteiger partial charge in [0.1, 0.15) is 5.65 Å². The number of pyridine rings is 1. The fourth-order valence-electron chi connectivity index (χ4n) is 3.65. The number of nitrogens with one attached hydrogen (secondary N) is 1. The molecule has 0 saturated heterocycles. The molecule has 0 fully saturated rings. The lowest BCUT2D eigenvalue weighted by atomic mass is 10.0. The molecule has 2 aromatic heterocycles. The van der Waals surface area contributed by atoms with Crippen LogP contribution in [0.5, 0.6) is 5.75 Å². The van der Waals surface area contributed by atoms with E-state index in [2.05, 4.69) is 15.3 Å². The van der Waals surface area contributed by atoms with E-state index in [1.54, 1.807) is 12.1 Å². The van der Waals surface area contributed by atoms with Gasteiger partial charge in [-0.05, 0) is 31.2 Å². The summed E-state index contributed by atoms with van der Waals surface area (Å²) in [5, 5.41) is 56.9. The highest BCUT2D eigenvalue weighted by Crippen LogP contribution is 2.34. The van der Waals surface area contributed by atoms with Gasteiger partial charge in [0.15, 0.2) is 11.6 Å². The van der Waals surface area contributed by atoms with Gasteiger partial charge in [-0.25, -0.2) is 14.7 Å². The van der Waals surface area contributed by atoms with Crippen molar-refractivity contribution in [2.45, 2.75) is 32.0 Å². The summed E-state index contributed by atoms with van der Waals surface area (Å²) in [5.41, 5.74) is 6.45. The van der Waals surface area contributed by atoms with Gasteiger partial charge < -0.3 is 45.5 Å². The Bertz CT molecular complexity index is 1440. The molecule has 0 spiro atoms. The lowest BCUT2D eigenvalue weighted by Crippen LogP contribution is -2.44. The summed E-state index contributed by atoms with van der Waals surface area (Å²) in [7, 11) is 1.38. The summed E-state index contributed by atoms with van der Waals surface area (Å²) >= 11 is 0. The van der Waals surface area contributed by atoms with Crippen LogP contribution in [0, 0.1) is 11.6 Å². The third-order valence-electron chi connectivity index (χ3n) is 5.69. The van der Waals surface area contributed by atoms with Gasteiger partial charge in [-0.15, -0.1) is 0 Å². The van der Waals surface area contributed by atoms with Crippen molar-refractivity contribution in [3.05, 3.63) is 65.3 Å². The number of nitrogens with zero attached hydrogens (tertiary/aromatic N) is 3. The topological polar surface area (TPSA) is 215 Å². The first-order valence-corrected chi connectivity index (χ1v) is 11.3. The van der Waals surface area contributed by atoms with Crippen LogP contribution in [0.25, 0.3) is 16.8 Å². The largest absolute Gasteiger partial charge is 0.489 e. The lowest BCUT2D eigenvalue weighted by molar-refractivity contribution is -0.332. The van der Waals surface area contributed by atoms with Crippen LogP contribution in [0.1, 0.15) is 19.0 Å². The van der Waals surface area contributed by atoms with Gasteiger partial charge in [0, 0.05) is 48.6 Å². The molecule has 13 nitrogen and oxygen atoms in total. The zero-order valence-corrected chi connectivity index (χ0v) is 20.8. The molecule has 0 aliphatic rings. The molecule has 0 radical (unpaired) electrons. The molecule has 3 aromatic rings. The molecular formula is C24H27F2N5O8. The first kappa shape index (κ1) is 29.7. The maximum atomic E-state index is 14.9. The van der Waals surface area contributed by atoms with Gasteiger partial charge >= 0.3 is 12.1 Å². The minimum atomic E-state index is -3.72. The molecular weight excluding hydrogens is 524 g/mol. The van der Waals surface area contributed by atoms with Crippen molar-refractivity contribution in [1.82, 2.24) is 14.7 Å².